The first-order valence-corrected chi connectivity index (χ1v) is 10.1. The van der Waals surface area contributed by atoms with Crippen LogP contribution in [0.3, 0.4) is 0 Å². The Morgan fingerprint density at radius 3 is 2.30 bits per heavy atom. The molecule has 10 nitrogen and oxygen atoms in total. The van der Waals surface area contributed by atoms with Gasteiger partial charge in [0.25, 0.3) is 11.6 Å². The number of anilines is 1. The SMILES string of the molecule is C[C@@H](C(=O)OCC(=O)Nc1ccc([N+](=O)[O-])cc1C(F)(F)F)N1C(=O)[C@H]2CCCC[C@@H]2C1=O. The zero-order valence-electron chi connectivity index (χ0n) is 17.4. The summed E-state index contributed by atoms with van der Waals surface area (Å²) in [7, 11) is 0. The second-order valence-electron chi connectivity index (χ2n) is 7.86. The van der Waals surface area contributed by atoms with E-state index >= 15 is 0 Å². The molecule has 1 N–H and O–H groups in total. The maximum Gasteiger partial charge on any atom is 0.418 e. The number of amides is 3. The minimum absolute atomic E-state index is 0.272. The highest BCUT2D eigenvalue weighted by Gasteiger charge is 2.51. The van der Waals surface area contributed by atoms with Crippen molar-refractivity contribution < 1.29 is 42.0 Å². The maximum atomic E-state index is 13.2. The number of ether oxygens (including phenoxy) is 1. The van der Waals surface area contributed by atoms with Crippen LogP contribution in [-0.4, -0.2) is 46.2 Å². The molecule has 1 saturated carbocycles. The van der Waals surface area contributed by atoms with Crippen molar-refractivity contribution in [3.8, 4) is 0 Å². The zero-order valence-corrected chi connectivity index (χ0v) is 17.4. The number of hydrogen-bond donors (Lipinski definition) is 1. The molecule has 0 aromatic heterocycles. The number of nitro benzene ring substituents is 1. The molecule has 1 aromatic carbocycles. The Morgan fingerprint density at radius 1 is 1.21 bits per heavy atom. The van der Waals surface area contributed by atoms with Gasteiger partial charge in [-0.1, -0.05) is 12.8 Å². The lowest BCUT2D eigenvalue weighted by atomic mass is 9.81. The number of rotatable bonds is 6. The van der Waals surface area contributed by atoms with Crippen LogP contribution in [0, 0.1) is 22.0 Å². The maximum absolute atomic E-state index is 13.2. The number of halogens is 3. The van der Waals surface area contributed by atoms with E-state index < -0.39 is 76.2 Å². The summed E-state index contributed by atoms with van der Waals surface area (Å²) in [6.07, 6.45) is -2.29. The lowest BCUT2D eigenvalue weighted by molar-refractivity contribution is -0.385. The van der Waals surface area contributed by atoms with Crippen molar-refractivity contribution in [3.05, 3.63) is 33.9 Å². The number of nitrogens with one attached hydrogen (secondary N) is 1. The van der Waals surface area contributed by atoms with E-state index in [0.717, 1.165) is 23.8 Å². The molecule has 2 aliphatic rings. The standard InChI is InChI=1S/C20H20F3N3O7/c1-10(25-17(28)12-4-2-3-5-13(12)18(25)29)19(30)33-9-16(27)24-15-7-6-11(26(31)32)8-14(15)20(21,22)23/h6-8,10,12-13H,2-5,9H2,1H3,(H,24,27)/t10-,12-,13-/m0/s1. The number of carbonyl (C=O) groups excluding carboxylic acids is 4. The van der Waals surface area contributed by atoms with Gasteiger partial charge in [-0.15, -0.1) is 0 Å². The second-order valence-corrected chi connectivity index (χ2v) is 7.86. The average Bonchev–Trinajstić information content (AvgIpc) is 3.01. The zero-order chi connectivity index (χ0) is 24.5. The van der Waals surface area contributed by atoms with E-state index in [0.29, 0.717) is 18.9 Å². The predicted octanol–water partition coefficient (Wildman–Crippen LogP) is 2.66. The van der Waals surface area contributed by atoms with E-state index in [1.54, 1.807) is 0 Å². The quantitative estimate of drug-likeness (QED) is 0.292. The van der Waals surface area contributed by atoms with Crippen LogP contribution in [0.15, 0.2) is 18.2 Å². The monoisotopic (exact) mass is 471 g/mol. The van der Waals surface area contributed by atoms with Crippen molar-refractivity contribution in [2.75, 3.05) is 11.9 Å². The number of nitrogens with zero attached hydrogens (tertiary/aromatic N) is 2. The first-order chi connectivity index (χ1) is 15.4. The van der Waals surface area contributed by atoms with Crippen LogP contribution >= 0.6 is 0 Å². The van der Waals surface area contributed by atoms with Crippen LogP contribution in [0.5, 0.6) is 0 Å². The number of nitro groups is 1. The molecule has 3 rings (SSSR count). The number of likely N-dealkylation sites (tertiary alicyclic amines) is 1. The molecule has 0 spiro atoms. The van der Waals surface area contributed by atoms with Crippen molar-refractivity contribution in [2.24, 2.45) is 11.8 Å². The van der Waals surface area contributed by atoms with Crippen LogP contribution in [0.2, 0.25) is 0 Å². The van der Waals surface area contributed by atoms with Gasteiger partial charge < -0.3 is 10.1 Å². The normalized spacial score (nSPS) is 21.4. The minimum Gasteiger partial charge on any atom is -0.454 e. The average molecular weight is 471 g/mol. The Morgan fingerprint density at radius 2 is 1.79 bits per heavy atom. The molecular formula is C20H20F3N3O7. The van der Waals surface area contributed by atoms with E-state index in [9.17, 15) is 42.5 Å². The molecule has 178 valence electrons. The van der Waals surface area contributed by atoms with Gasteiger partial charge in [0.15, 0.2) is 6.61 Å². The lowest BCUT2D eigenvalue weighted by Gasteiger charge is -2.21. The van der Waals surface area contributed by atoms with E-state index in [1.807, 2.05) is 5.32 Å². The second kappa shape index (κ2) is 9.16. The summed E-state index contributed by atoms with van der Waals surface area (Å²) in [6.45, 7) is 0.284. The molecule has 0 bridgehead atoms. The smallest absolute Gasteiger partial charge is 0.418 e. The third kappa shape index (κ3) is 4.96. The molecule has 13 heteroatoms. The largest absolute Gasteiger partial charge is 0.454 e. The summed E-state index contributed by atoms with van der Waals surface area (Å²) in [4.78, 5) is 60.0. The fourth-order valence-corrected chi connectivity index (χ4v) is 4.11. The highest BCUT2D eigenvalue weighted by Crippen LogP contribution is 2.39. The van der Waals surface area contributed by atoms with Gasteiger partial charge in [0, 0.05) is 12.1 Å². The Bertz CT molecular complexity index is 987. The molecule has 3 atom stereocenters. The van der Waals surface area contributed by atoms with Crippen LogP contribution in [0.4, 0.5) is 24.5 Å². The topological polar surface area (TPSA) is 136 Å². The fraction of sp³-hybridized carbons (Fsp3) is 0.500. The number of imide groups is 1. The number of carbonyl (C=O) groups is 4. The summed E-state index contributed by atoms with van der Waals surface area (Å²) in [5.74, 6) is -4.10. The number of esters is 1. The van der Waals surface area contributed by atoms with Crippen LogP contribution in [0.1, 0.15) is 38.2 Å². The van der Waals surface area contributed by atoms with Crippen molar-refractivity contribution in [1.82, 2.24) is 4.90 Å². The Hall–Kier alpha value is -3.51. The Labute approximate surface area is 185 Å². The number of hydrogen-bond acceptors (Lipinski definition) is 7. The molecule has 2 fully saturated rings. The van der Waals surface area contributed by atoms with Gasteiger partial charge in [0.05, 0.1) is 28.0 Å². The first-order valence-electron chi connectivity index (χ1n) is 10.1. The third-order valence-electron chi connectivity index (χ3n) is 5.74. The van der Waals surface area contributed by atoms with Crippen LogP contribution < -0.4 is 5.32 Å². The van der Waals surface area contributed by atoms with Crippen molar-refractivity contribution in [2.45, 2.75) is 44.8 Å². The third-order valence-corrected chi connectivity index (χ3v) is 5.74. The molecule has 1 aliphatic carbocycles. The summed E-state index contributed by atoms with van der Waals surface area (Å²) < 4.78 is 44.4. The molecule has 1 aromatic rings. The van der Waals surface area contributed by atoms with Crippen molar-refractivity contribution >= 4 is 35.1 Å². The van der Waals surface area contributed by atoms with E-state index in [1.165, 1.54) is 6.92 Å². The van der Waals surface area contributed by atoms with E-state index in [4.69, 9.17) is 4.74 Å². The van der Waals surface area contributed by atoms with E-state index in [-0.39, 0.29) is 6.07 Å². The number of fused-ring (bicyclic) bond motifs is 1. The lowest BCUT2D eigenvalue weighted by Crippen LogP contribution is -2.45. The molecule has 0 radical (unpaired) electrons. The van der Waals surface area contributed by atoms with Crippen LogP contribution in [0.25, 0.3) is 0 Å². The first kappa shape index (κ1) is 24.1. The van der Waals surface area contributed by atoms with E-state index in [2.05, 4.69) is 0 Å². The Kier molecular flexibility index (Phi) is 6.70. The number of alkyl halides is 3. The van der Waals surface area contributed by atoms with Crippen molar-refractivity contribution in [3.63, 3.8) is 0 Å². The van der Waals surface area contributed by atoms with Gasteiger partial charge in [0.2, 0.25) is 11.8 Å². The number of non-ortho nitro benzene ring substituents is 1. The highest BCUT2D eigenvalue weighted by molar-refractivity contribution is 6.08. The summed E-state index contributed by atoms with van der Waals surface area (Å²) in [6, 6.07) is 0.470. The number of benzene rings is 1. The van der Waals surface area contributed by atoms with Gasteiger partial charge in [-0.25, -0.2) is 4.79 Å². The van der Waals surface area contributed by atoms with Gasteiger partial charge >= 0.3 is 12.1 Å². The van der Waals surface area contributed by atoms with Gasteiger partial charge in [-0.05, 0) is 25.8 Å². The van der Waals surface area contributed by atoms with Crippen molar-refractivity contribution in [1.29, 1.82) is 0 Å². The molecule has 0 unspecified atom stereocenters. The Balaban J connectivity index is 1.63. The highest BCUT2D eigenvalue weighted by atomic mass is 19.4. The summed E-state index contributed by atoms with van der Waals surface area (Å²) >= 11 is 0. The predicted molar refractivity (Wildman–Crippen MR) is 104 cm³/mol. The molecule has 33 heavy (non-hydrogen) atoms. The summed E-state index contributed by atoms with van der Waals surface area (Å²) in [5.41, 5.74) is -3.02. The van der Waals surface area contributed by atoms with Gasteiger partial charge in [0.1, 0.15) is 6.04 Å². The molecule has 1 aliphatic heterocycles. The molecular weight excluding hydrogens is 451 g/mol. The molecule has 3 amide bonds. The summed E-state index contributed by atoms with van der Waals surface area (Å²) in [5, 5.41) is 12.6. The fourth-order valence-electron chi connectivity index (χ4n) is 4.11. The van der Waals surface area contributed by atoms with Crippen LogP contribution in [-0.2, 0) is 30.1 Å². The molecule has 1 heterocycles. The minimum atomic E-state index is -4.99. The molecule has 1 saturated heterocycles. The van der Waals surface area contributed by atoms with Gasteiger partial charge in [-0.3, -0.25) is 29.4 Å². The van der Waals surface area contributed by atoms with Gasteiger partial charge in [-0.2, -0.15) is 13.2 Å².